The van der Waals surface area contributed by atoms with E-state index in [9.17, 15) is 9.59 Å². The fraction of sp³-hybridized carbons (Fsp3) is 0.619. The molecule has 2 amide bonds. The van der Waals surface area contributed by atoms with Gasteiger partial charge in [0.1, 0.15) is 0 Å². The monoisotopic (exact) mass is 357 g/mol. The van der Waals surface area contributed by atoms with E-state index < -0.39 is 0 Å². The summed E-state index contributed by atoms with van der Waals surface area (Å²) in [7, 11) is 0. The van der Waals surface area contributed by atoms with E-state index in [4.69, 9.17) is 0 Å². The Morgan fingerprint density at radius 1 is 0.962 bits per heavy atom. The SMILES string of the molecule is O=C(CCCc1ccccc1)N1CCN(C(=O)CCC2CCNC2)CC1. The third kappa shape index (κ3) is 5.56. The molecular weight excluding hydrogens is 326 g/mol. The van der Waals surface area contributed by atoms with Crippen LogP contribution < -0.4 is 5.32 Å². The molecule has 1 N–H and O–H groups in total. The molecule has 2 aliphatic rings. The van der Waals surface area contributed by atoms with Gasteiger partial charge in [0.05, 0.1) is 0 Å². The summed E-state index contributed by atoms with van der Waals surface area (Å²) >= 11 is 0. The molecule has 2 saturated heterocycles. The molecule has 0 aliphatic carbocycles. The number of benzene rings is 1. The largest absolute Gasteiger partial charge is 0.339 e. The molecule has 142 valence electrons. The van der Waals surface area contributed by atoms with Crippen molar-refractivity contribution in [3.8, 4) is 0 Å². The number of nitrogens with zero attached hydrogens (tertiary/aromatic N) is 2. The van der Waals surface area contributed by atoms with E-state index in [1.807, 2.05) is 28.0 Å². The van der Waals surface area contributed by atoms with E-state index in [1.165, 1.54) is 12.0 Å². The zero-order chi connectivity index (χ0) is 18.2. The zero-order valence-corrected chi connectivity index (χ0v) is 15.7. The molecule has 26 heavy (non-hydrogen) atoms. The van der Waals surface area contributed by atoms with Crippen molar-refractivity contribution in [3.63, 3.8) is 0 Å². The lowest BCUT2D eigenvalue weighted by molar-refractivity contribution is -0.139. The molecular formula is C21H31N3O2. The number of rotatable bonds is 7. The minimum absolute atomic E-state index is 0.227. The number of carbonyl (C=O) groups excluding carboxylic acids is 2. The van der Waals surface area contributed by atoms with Gasteiger partial charge in [-0.3, -0.25) is 9.59 Å². The smallest absolute Gasteiger partial charge is 0.222 e. The standard InChI is InChI=1S/C21H31N3O2/c25-20(8-4-7-18-5-2-1-3-6-18)23-13-15-24(16-14-23)21(26)10-9-19-11-12-22-17-19/h1-3,5-6,19,22H,4,7-17H2. The van der Waals surface area contributed by atoms with Crippen molar-refractivity contribution in [3.05, 3.63) is 35.9 Å². The van der Waals surface area contributed by atoms with Gasteiger partial charge in [0.15, 0.2) is 0 Å². The Labute approximate surface area is 156 Å². The Bertz CT molecular complexity index is 576. The predicted octanol–water partition coefficient (Wildman–Crippen LogP) is 2.07. The quantitative estimate of drug-likeness (QED) is 0.813. The van der Waals surface area contributed by atoms with Crippen molar-refractivity contribution < 1.29 is 9.59 Å². The van der Waals surface area contributed by atoms with Crippen LogP contribution in [0.5, 0.6) is 0 Å². The first-order chi connectivity index (χ1) is 12.7. The molecule has 0 aromatic heterocycles. The summed E-state index contributed by atoms with van der Waals surface area (Å²) in [6, 6.07) is 10.3. The van der Waals surface area contributed by atoms with Crippen LogP contribution in [-0.4, -0.2) is 60.9 Å². The van der Waals surface area contributed by atoms with Crippen LogP contribution in [0, 0.1) is 5.92 Å². The summed E-state index contributed by atoms with van der Waals surface area (Å²) < 4.78 is 0. The highest BCUT2D eigenvalue weighted by Gasteiger charge is 2.24. The Morgan fingerprint density at radius 2 is 1.62 bits per heavy atom. The average molecular weight is 357 g/mol. The van der Waals surface area contributed by atoms with Gasteiger partial charge in [-0.05, 0) is 50.3 Å². The summed E-state index contributed by atoms with van der Waals surface area (Å²) in [5.74, 6) is 1.14. The van der Waals surface area contributed by atoms with E-state index in [0.717, 1.165) is 32.4 Å². The summed E-state index contributed by atoms with van der Waals surface area (Å²) in [6.07, 6.45) is 5.26. The van der Waals surface area contributed by atoms with Crippen molar-refractivity contribution in [2.75, 3.05) is 39.3 Å². The number of hydrogen-bond donors (Lipinski definition) is 1. The summed E-state index contributed by atoms with van der Waals surface area (Å²) in [5, 5.41) is 3.35. The number of piperazine rings is 1. The lowest BCUT2D eigenvalue weighted by atomic mass is 10.0. The molecule has 0 bridgehead atoms. The minimum atomic E-state index is 0.227. The van der Waals surface area contributed by atoms with Crippen LogP contribution in [0.3, 0.4) is 0 Å². The number of aryl methyl sites for hydroxylation is 1. The maximum absolute atomic E-state index is 12.4. The summed E-state index contributed by atoms with van der Waals surface area (Å²) in [4.78, 5) is 28.6. The van der Waals surface area contributed by atoms with Crippen LogP contribution in [0.2, 0.25) is 0 Å². The predicted molar refractivity (Wildman–Crippen MR) is 103 cm³/mol. The highest BCUT2D eigenvalue weighted by molar-refractivity contribution is 5.78. The Balaban J connectivity index is 1.32. The van der Waals surface area contributed by atoms with Crippen molar-refractivity contribution >= 4 is 11.8 Å². The normalized spacial score (nSPS) is 20.4. The third-order valence-electron chi connectivity index (χ3n) is 5.61. The molecule has 5 nitrogen and oxygen atoms in total. The fourth-order valence-electron chi connectivity index (χ4n) is 3.90. The molecule has 1 aromatic rings. The minimum Gasteiger partial charge on any atom is -0.339 e. The van der Waals surface area contributed by atoms with Crippen LogP contribution in [0.4, 0.5) is 0 Å². The van der Waals surface area contributed by atoms with Crippen molar-refractivity contribution in [2.24, 2.45) is 5.92 Å². The summed E-state index contributed by atoms with van der Waals surface area (Å²) in [5.41, 5.74) is 1.29. The molecule has 0 saturated carbocycles. The van der Waals surface area contributed by atoms with Gasteiger partial charge in [-0.1, -0.05) is 30.3 Å². The van der Waals surface area contributed by atoms with Crippen LogP contribution in [0.1, 0.15) is 37.7 Å². The second kappa shape index (κ2) is 9.72. The van der Waals surface area contributed by atoms with Gasteiger partial charge < -0.3 is 15.1 Å². The molecule has 2 heterocycles. The van der Waals surface area contributed by atoms with Gasteiger partial charge in [0, 0.05) is 39.0 Å². The number of carbonyl (C=O) groups is 2. The Morgan fingerprint density at radius 3 is 2.23 bits per heavy atom. The van der Waals surface area contributed by atoms with Crippen LogP contribution >= 0.6 is 0 Å². The average Bonchev–Trinajstić information content (AvgIpc) is 3.20. The third-order valence-corrected chi connectivity index (χ3v) is 5.61. The maximum Gasteiger partial charge on any atom is 0.222 e. The molecule has 5 heteroatoms. The second-order valence-corrected chi connectivity index (χ2v) is 7.50. The van der Waals surface area contributed by atoms with Crippen molar-refractivity contribution in [1.82, 2.24) is 15.1 Å². The first-order valence-electron chi connectivity index (χ1n) is 10.0. The van der Waals surface area contributed by atoms with E-state index in [-0.39, 0.29) is 11.8 Å². The Hall–Kier alpha value is -1.88. The first kappa shape index (κ1) is 18.9. The lowest BCUT2D eigenvalue weighted by Crippen LogP contribution is -2.50. The van der Waals surface area contributed by atoms with E-state index in [0.29, 0.717) is 44.9 Å². The van der Waals surface area contributed by atoms with Gasteiger partial charge in [-0.25, -0.2) is 0 Å². The number of hydrogen-bond acceptors (Lipinski definition) is 3. The zero-order valence-electron chi connectivity index (χ0n) is 15.7. The second-order valence-electron chi connectivity index (χ2n) is 7.50. The van der Waals surface area contributed by atoms with Gasteiger partial charge in [0.25, 0.3) is 0 Å². The molecule has 0 spiro atoms. The molecule has 3 rings (SSSR count). The molecule has 1 atom stereocenters. The van der Waals surface area contributed by atoms with Crippen molar-refractivity contribution in [2.45, 2.75) is 38.5 Å². The van der Waals surface area contributed by atoms with Gasteiger partial charge in [0.2, 0.25) is 11.8 Å². The number of nitrogens with one attached hydrogen (secondary N) is 1. The van der Waals surface area contributed by atoms with Gasteiger partial charge in [-0.15, -0.1) is 0 Å². The first-order valence-corrected chi connectivity index (χ1v) is 10.0. The summed E-state index contributed by atoms with van der Waals surface area (Å²) in [6.45, 7) is 4.88. The lowest BCUT2D eigenvalue weighted by Gasteiger charge is -2.35. The molecule has 0 radical (unpaired) electrons. The van der Waals surface area contributed by atoms with E-state index in [2.05, 4.69) is 17.4 Å². The number of amides is 2. The van der Waals surface area contributed by atoms with Crippen LogP contribution in [0.25, 0.3) is 0 Å². The highest BCUT2D eigenvalue weighted by atomic mass is 16.2. The van der Waals surface area contributed by atoms with E-state index >= 15 is 0 Å². The highest BCUT2D eigenvalue weighted by Crippen LogP contribution is 2.16. The molecule has 2 aliphatic heterocycles. The van der Waals surface area contributed by atoms with Crippen LogP contribution in [-0.2, 0) is 16.0 Å². The van der Waals surface area contributed by atoms with Crippen LogP contribution in [0.15, 0.2) is 30.3 Å². The molecule has 1 unspecified atom stereocenters. The Kier molecular flexibility index (Phi) is 7.06. The van der Waals surface area contributed by atoms with Crippen molar-refractivity contribution in [1.29, 1.82) is 0 Å². The topological polar surface area (TPSA) is 52.7 Å². The fourth-order valence-corrected chi connectivity index (χ4v) is 3.90. The van der Waals surface area contributed by atoms with E-state index in [1.54, 1.807) is 0 Å². The maximum atomic E-state index is 12.4. The molecule has 1 aromatic carbocycles. The van der Waals surface area contributed by atoms with Gasteiger partial charge >= 0.3 is 0 Å². The molecule has 2 fully saturated rings. The van der Waals surface area contributed by atoms with Gasteiger partial charge in [-0.2, -0.15) is 0 Å².